The smallest absolute Gasteiger partial charge is 0.261 e. The summed E-state index contributed by atoms with van der Waals surface area (Å²) in [4.78, 5) is 38.1. The van der Waals surface area contributed by atoms with Gasteiger partial charge in [-0.05, 0) is 36.8 Å². The zero-order valence-corrected chi connectivity index (χ0v) is 13.6. The number of aryl methyl sites for hydroxylation is 1. The highest BCUT2D eigenvalue weighted by molar-refractivity contribution is 5.94. The maximum Gasteiger partial charge on any atom is 0.261 e. The number of rotatable bonds is 5. The van der Waals surface area contributed by atoms with Gasteiger partial charge in [0, 0.05) is 25.4 Å². The number of hydrogen-bond acceptors (Lipinski definition) is 3. The molecule has 6 nitrogen and oxygen atoms in total. The Morgan fingerprint density at radius 2 is 2.22 bits per heavy atom. The first kappa shape index (κ1) is 17.0. The molecule has 0 aromatic carbocycles. The van der Waals surface area contributed by atoms with Crippen LogP contribution in [0.2, 0.25) is 0 Å². The normalized spacial score (nSPS) is 16.9. The summed E-state index contributed by atoms with van der Waals surface area (Å²) in [6, 6.07) is 1.72. The minimum absolute atomic E-state index is 0.133. The SMILES string of the molecule is CCC1CCc2[nH]c(=O)c(C(=O)NC/C=C/C(=O)NC)cc2C1. The molecule has 1 unspecified atom stereocenters. The fraction of sp³-hybridized carbons (Fsp3) is 0.471. The van der Waals surface area contributed by atoms with Gasteiger partial charge in [0.1, 0.15) is 5.56 Å². The van der Waals surface area contributed by atoms with Crippen LogP contribution in [0.4, 0.5) is 0 Å². The number of carbonyl (C=O) groups excluding carboxylic acids is 2. The summed E-state index contributed by atoms with van der Waals surface area (Å²) in [6.07, 6.45) is 6.82. The molecular formula is C17H23N3O3. The molecule has 1 aliphatic rings. The van der Waals surface area contributed by atoms with Crippen molar-refractivity contribution in [2.75, 3.05) is 13.6 Å². The van der Waals surface area contributed by atoms with Gasteiger partial charge in [0.2, 0.25) is 5.91 Å². The first-order valence-electron chi connectivity index (χ1n) is 7.96. The fourth-order valence-corrected chi connectivity index (χ4v) is 2.79. The number of fused-ring (bicyclic) bond motifs is 1. The van der Waals surface area contributed by atoms with Crippen molar-refractivity contribution in [3.8, 4) is 0 Å². The van der Waals surface area contributed by atoms with Crippen LogP contribution in [0.1, 0.15) is 41.4 Å². The van der Waals surface area contributed by atoms with Crippen molar-refractivity contribution in [2.24, 2.45) is 5.92 Å². The quantitative estimate of drug-likeness (QED) is 0.705. The highest BCUT2D eigenvalue weighted by atomic mass is 16.2. The van der Waals surface area contributed by atoms with Gasteiger partial charge in [-0.3, -0.25) is 14.4 Å². The Labute approximate surface area is 135 Å². The van der Waals surface area contributed by atoms with Crippen molar-refractivity contribution in [2.45, 2.75) is 32.6 Å². The summed E-state index contributed by atoms with van der Waals surface area (Å²) in [6.45, 7) is 2.36. The van der Waals surface area contributed by atoms with Crippen LogP contribution < -0.4 is 16.2 Å². The predicted octanol–water partition coefficient (Wildman–Crippen LogP) is 0.922. The lowest BCUT2D eigenvalue weighted by Gasteiger charge is -2.23. The lowest BCUT2D eigenvalue weighted by Crippen LogP contribution is -2.32. The molecule has 124 valence electrons. The van der Waals surface area contributed by atoms with Crippen molar-refractivity contribution >= 4 is 11.8 Å². The van der Waals surface area contributed by atoms with Gasteiger partial charge in [0.15, 0.2) is 0 Å². The molecule has 0 saturated heterocycles. The minimum atomic E-state index is -0.422. The third-order valence-electron chi connectivity index (χ3n) is 4.24. The molecule has 2 amide bonds. The lowest BCUT2D eigenvalue weighted by molar-refractivity contribution is -0.116. The Bertz CT molecular complexity index is 676. The van der Waals surface area contributed by atoms with Gasteiger partial charge in [-0.1, -0.05) is 19.4 Å². The average molecular weight is 317 g/mol. The second-order valence-corrected chi connectivity index (χ2v) is 5.76. The molecule has 0 aliphatic heterocycles. The second kappa shape index (κ2) is 7.76. The van der Waals surface area contributed by atoms with Gasteiger partial charge >= 0.3 is 0 Å². The van der Waals surface area contributed by atoms with E-state index >= 15 is 0 Å². The molecule has 0 bridgehead atoms. The second-order valence-electron chi connectivity index (χ2n) is 5.76. The van der Waals surface area contributed by atoms with E-state index < -0.39 is 5.91 Å². The molecule has 23 heavy (non-hydrogen) atoms. The Balaban J connectivity index is 2.07. The number of aromatic nitrogens is 1. The molecule has 0 saturated carbocycles. The van der Waals surface area contributed by atoms with E-state index in [2.05, 4.69) is 22.5 Å². The number of amides is 2. The molecule has 0 radical (unpaired) electrons. The average Bonchev–Trinajstić information content (AvgIpc) is 2.57. The molecule has 1 aliphatic carbocycles. The van der Waals surface area contributed by atoms with Crippen LogP contribution in [0, 0.1) is 5.92 Å². The topological polar surface area (TPSA) is 91.1 Å². The van der Waals surface area contributed by atoms with Crippen LogP contribution in [-0.4, -0.2) is 30.4 Å². The molecule has 6 heteroatoms. The van der Waals surface area contributed by atoms with E-state index in [4.69, 9.17) is 0 Å². The summed E-state index contributed by atoms with van der Waals surface area (Å²) in [5.41, 5.74) is 1.80. The van der Waals surface area contributed by atoms with E-state index in [0.29, 0.717) is 5.92 Å². The molecule has 0 fully saturated rings. The molecule has 1 aromatic rings. The Morgan fingerprint density at radius 1 is 1.43 bits per heavy atom. The fourth-order valence-electron chi connectivity index (χ4n) is 2.79. The number of pyridine rings is 1. The van der Waals surface area contributed by atoms with E-state index in [0.717, 1.165) is 36.9 Å². The Hall–Kier alpha value is -2.37. The van der Waals surface area contributed by atoms with Crippen molar-refractivity contribution in [1.82, 2.24) is 15.6 Å². The molecule has 3 N–H and O–H groups in total. The number of nitrogens with one attached hydrogen (secondary N) is 3. The van der Waals surface area contributed by atoms with Crippen LogP contribution in [0.3, 0.4) is 0 Å². The summed E-state index contributed by atoms with van der Waals surface area (Å²) >= 11 is 0. The third kappa shape index (κ3) is 4.31. The van der Waals surface area contributed by atoms with Crippen LogP contribution in [0.5, 0.6) is 0 Å². The minimum Gasteiger partial charge on any atom is -0.356 e. The van der Waals surface area contributed by atoms with Gasteiger partial charge in [0.25, 0.3) is 11.5 Å². The largest absolute Gasteiger partial charge is 0.356 e. The first-order valence-corrected chi connectivity index (χ1v) is 7.96. The lowest BCUT2D eigenvalue weighted by atomic mass is 9.84. The molecule has 0 spiro atoms. The zero-order valence-electron chi connectivity index (χ0n) is 13.6. The van der Waals surface area contributed by atoms with E-state index in [-0.39, 0.29) is 23.6 Å². The molecule has 2 rings (SSSR count). The summed E-state index contributed by atoms with van der Waals surface area (Å²) in [7, 11) is 1.53. The molecule has 1 heterocycles. The highest BCUT2D eigenvalue weighted by Crippen LogP contribution is 2.25. The van der Waals surface area contributed by atoms with Crippen molar-refractivity contribution < 1.29 is 9.59 Å². The van der Waals surface area contributed by atoms with E-state index in [9.17, 15) is 14.4 Å². The molecule has 1 atom stereocenters. The number of carbonyl (C=O) groups is 2. The van der Waals surface area contributed by atoms with Crippen molar-refractivity contribution in [1.29, 1.82) is 0 Å². The predicted molar refractivity (Wildman–Crippen MR) is 88.4 cm³/mol. The van der Waals surface area contributed by atoms with Gasteiger partial charge in [0.05, 0.1) is 0 Å². The number of likely N-dealkylation sites (N-methyl/N-ethyl adjacent to an activating group) is 1. The summed E-state index contributed by atoms with van der Waals surface area (Å²) < 4.78 is 0. The van der Waals surface area contributed by atoms with Gasteiger partial charge in [-0.25, -0.2) is 0 Å². The summed E-state index contributed by atoms with van der Waals surface area (Å²) in [5.74, 6) is -0.0504. The van der Waals surface area contributed by atoms with Crippen molar-refractivity contribution in [3.05, 3.63) is 45.4 Å². The monoisotopic (exact) mass is 317 g/mol. The summed E-state index contributed by atoms with van der Waals surface area (Å²) in [5, 5.41) is 5.07. The van der Waals surface area contributed by atoms with Gasteiger partial charge < -0.3 is 15.6 Å². The van der Waals surface area contributed by atoms with Crippen molar-refractivity contribution in [3.63, 3.8) is 0 Å². The Kier molecular flexibility index (Phi) is 5.73. The first-order chi connectivity index (χ1) is 11.0. The van der Waals surface area contributed by atoms with Crippen LogP contribution in [0.15, 0.2) is 23.0 Å². The molecule has 1 aromatic heterocycles. The number of hydrogen-bond donors (Lipinski definition) is 3. The number of aromatic amines is 1. The van der Waals surface area contributed by atoms with Crippen LogP contribution in [0.25, 0.3) is 0 Å². The van der Waals surface area contributed by atoms with E-state index in [1.54, 1.807) is 6.07 Å². The van der Waals surface area contributed by atoms with Gasteiger partial charge in [-0.2, -0.15) is 0 Å². The zero-order chi connectivity index (χ0) is 16.8. The van der Waals surface area contributed by atoms with E-state index in [1.807, 2.05) is 0 Å². The highest BCUT2D eigenvalue weighted by Gasteiger charge is 2.21. The van der Waals surface area contributed by atoms with E-state index in [1.165, 1.54) is 19.2 Å². The maximum absolute atomic E-state index is 12.2. The van der Waals surface area contributed by atoms with Gasteiger partial charge in [-0.15, -0.1) is 0 Å². The third-order valence-corrected chi connectivity index (χ3v) is 4.24. The maximum atomic E-state index is 12.2. The number of H-pyrrole nitrogens is 1. The standard InChI is InChI=1S/C17H23N3O3/c1-3-11-6-7-14-12(9-11)10-13(17(23)20-14)16(22)19-8-4-5-15(21)18-2/h4-5,10-11H,3,6-9H2,1-2H3,(H,18,21)(H,19,22)(H,20,23)/b5-4+. The molecular weight excluding hydrogens is 294 g/mol. The van der Waals surface area contributed by atoms with Crippen LogP contribution in [-0.2, 0) is 17.6 Å². The Morgan fingerprint density at radius 3 is 2.91 bits per heavy atom. The van der Waals surface area contributed by atoms with Crippen LogP contribution >= 0.6 is 0 Å².